The molecule has 1 unspecified atom stereocenters. The highest BCUT2D eigenvalue weighted by molar-refractivity contribution is 5.87. The van der Waals surface area contributed by atoms with Crippen LogP contribution in [0.25, 0.3) is 11.4 Å². The smallest absolute Gasteiger partial charge is 0.287 e. The highest BCUT2D eigenvalue weighted by Crippen LogP contribution is 2.47. The molecule has 4 rings (SSSR count). The predicted octanol–water partition coefficient (Wildman–Crippen LogP) is 5.62. The Morgan fingerprint density at radius 2 is 1.25 bits per heavy atom. The van der Waals surface area contributed by atoms with E-state index in [9.17, 15) is 10.1 Å². The number of hydroxylamine groups is 2. The molecule has 0 radical (unpaired) electrons. The van der Waals surface area contributed by atoms with Crippen LogP contribution in [0.15, 0.2) is 91.0 Å². The van der Waals surface area contributed by atoms with Crippen molar-refractivity contribution in [3.05, 3.63) is 118 Å². The topological polar surface area (TPSA) is 46.4 Å². The summed E-state index contributed by atoms with van der Waals surface area (Å²) in [5.74, 6) is 0. The van der Waals surface area contributed by atoms with E-state index in [-0.39, 0.29) is 0 Å². The minimum atomic E-state index is -0.952. The van der Waals surface area contributed by atoms with E-state index in [2.05, 4.69) is 0 Å². The van der Waals surface area contributed by atoms with Crippen molar-refractivity contribution in [2.75, 3.05) is 0 Å². The summed E-state index contributed by atoms with van der Waals surface area (Å²) in [6.45, 7) is 3.65. The van der Waals surface area contributed by atoms with Crippen molar-refractivity contribution in [1.29, 1.82) is 0 Å². The Kier molecular flexibility index (Phi) is 4.57. The first-order valence-corrected chi connectivity index (χ1v) is 9.35. The average molecular weight is 370 g/mol. The minimum Gasteiger partial charge on any atom is -0.758 e. The van der Waals surface area contributed by atoms with Crippen LogP contribution >= 0.6 is 0 Å². The zero-order valence-corrected chi connectivity index (χ0v) is 15.9. The first kappa shape index (κ1) is 18.1. The van der Waals surface area contributed by atoms with Gasteiger partial charge in [0.05, 0.1) is 11.1 Å². The molecule has 1 atom stereocenters. The SMILES string of the molecule is CC1(C)C(c2ccccc2)[N+](=O)C(c2ccccc2)=C(c2ccccc2)N1[O-]. The fourth-order valence-electron chi connectivity index (χ4n) is 3.90. The molecule has 1 aliphatic heterocycles. The van der Waals surface area contributed by atoms with Crippen LogP contribution in [0.1, 0.15) is 36.6 Å². The number of nitrogens with zero attached hydrogens (tertiary/aromatic N) is 2. The van der Waals surface area contributed by atoms with Gasteiger partial charge in [0, 0.05) is 20.8 Å². The molecule has 0 saturated carbocycles. The molecule has 140 valence electrons. The molecule has 4 nitrogen and oxygen atoms in total. The van der Waals surface area contributed by atoms with Crippen LogP contribution in [-0.4, -0.2) is 15.4 Å². The standard InChI is InChI=1S/C24H22N2O2/c1-24(2)23(20-16-10-5-11-17-20)25(27)21(18-12-6-3-7-13-18)22(26(24)28)19-14-8-4-9-15-19/h3-17,23H,1-2H3. The van der Waals surface area contributed by atoms with E-state index < -0.39 is 11.6 Å². The molecule has 28 heavy (non-hydrogen) atoms. The lowest BCUT2D eigenvalue weighted by atomic mass is 9.83. The monoisotopic (exact) mass is 370 g/mol. The number of benzene rings is 3. The summed E-state index contributed by atoms with van der Waals surface area (Å²) in [5.41, 5.74) is 2.13. The third-order valence-corrected chi connectivity index (χ3v) is 5.28. The van der Waals surface area contributed by atoms with Crippen LogP contribution in [0.2, 0.25) is 0 Å². The second-order valence-corrected chi connectivity index (χ2v) is 7.52. The van der Waals surface area contributed by atoms with Gasteiger partial charge in [0.25, 0.3) is 11.7 Å². The van der Waals surface area contributed by atoms with Crippen molar-refractivity contribution in [3.8, 4) is 0 Å². The molecule has 4 heteroatoms. The quantitative estimate of drug-likeness (QED) is 0.562. The lowest BCUT2D eigenvalue weighted by Gasteiger charge is -2.50. The zero-order valence-electron chi connectivity index (χ0n) is 15.9. The Balaban J connectivity index is 2.01. The van der Waals surface area contributed by atoms with E-state index >= 15 is 0 Å². The molecule has 0 N–H and O–H groups in total. The number of hydrogen-bond acceptors (Lipinski definition) is 3. The van der Waals surface area contributed by atoms with E-state index in [0.717, 1.165) is 26.5 Å². The van der Waals surface area contributed by atoms with Crippen LogP contribution in [0, 0.1) is 10.1 Å². The summed E-state index contributed by atoms with van der Waals surface area (Å²) >= 11 is 0. The van der Waals surface area contributed by atoms with Crippen molar-refractivity contribution >= 4 is 11.4 Å². The first-order chi connectivity index (χ1) is 13.5. The zero-order chi connectivity index (χ0) is 19.7. The van der Waals surface area contributed by atoms with Crippen molar-refractivity contribution in [1.82, 2.24) is 5.06 Å². The Morgan fingerprint density at radius 3 is 1.79 bits per heavy atom. The van der Waals surface area contributed by atoms with Crippen LogP contribution < -0.4 is 0 Å². The molecule has 3 aromatic carbocycles. The summed E-state index contributed by atoms with van der Waals surface area (Å²) in [6, 6.07) is 27.7. The van der Waals surface area contributed by atoms with Gasteiger partial charge in [0.2, 0.25) is 0 Å². The number of hydrogen-bond donors (Lipinski definition) is 0. The molecule has 0 bridgehead atoms. The van der Waals surface area contributed by atoms with E-state index in [1.807, 2.05) is 105 Å². The summed E-state index contributed by atoms with van der Waals surface area (Å²) in [4.78, 5) is 13.8. The normalized spacial score (nSPS) is 19.0. The second kappa shape index (κ2) is 7.06. The highest BCUT2D eigenvalue weighted by atomic mass is 16.5. The van der Waals surface area contributed by atoms with Gasteiger partial charge in [0.15, 0.2) is 0 Å². The Bertz CT molecular complexity index is 1010. The Morgan fingerprint density at radius 1 is 0.786 bits per heavy atom. The summed E-state index contributed by atoms with van der Waals surface area (Å²) in [6.07, 6.45) is 0. The first-order valence-electron chi connectivity index (χ1n) is 9.35. The molecule has 0 saturated heterocycles. The van der Waals surface area contributed by atoms with Gasteiger partial charge in [-0.3, -0.25) is 0 Å². The molecule has 0 amide bonds. The maximum atomic E-state index is 13.8. The summed E-state index contributed by atoms with van der Waals surface area (Å²) in [5, 5.41) is 14.7. The van der Waals surface area contributed by atoms with Crippen molar-refractivity contribution in [2.45, 2.75) is 25.4 Å². The highest BCUT2D eigenvalue weighted by Gasteiger charge is 2.52. The molecule has 0 fully saturated rings. The lowest BCUT2D eigenvalue weighted by molar-refractivity contribution is -0.526. The minimum absolute atomic E-state index is 0.398. The van der Waals surface area contributed by atoms with Gasteiger partial charge in [-0.2, -0.15) is 0 Å². The van der Waals surface area contributed by atoms with E-state index in [1.165, 1.54) is 0 Å². The number of nitroso groups, excluding NO2 is 1. The molecular formula is C24H22N2O2. The number of rotatable bonds is 3. The summed E-state index contributed by atoms with van der Waals surface area (Å²) < 4.78 is 1.02. The average Bonchev–Trinajstić information content (AvgIpc) is 2.72. The van der Waals surface area contributed by atoms with Gasteiger partial charge in [-0.25, -0.2) is 0 Å². The fraction of sp³-hybridized carbons (Fsp3) is 0.167. The van der Waals surface area contributed by atoms with Crippen LogP contribution in [0.4, 0.5) is 0 Å². The van der Waals surface area contributed by atoms with Crippen molar-refractivity contribution in [2.24, 2.45) is 0 Å². The molecule has 0 spiro atoms. The van der Waals surface area contributed by atoms with Gasteiger partial charge in [-0.1, -0.05) is 78.9 Å². The Hall–Kier alpha value is -3.24. The predicted molar refractivity (Wildman–Crippen MR) is 112 cm³/mol. The van der Waals surface area contributed by atoms with Crippen LogP contribution in [0.5, 0.6) is 0 Å². The van der Waals surface area contributed by atoms with Crippen molar-refractivity contribution in [3.63, 3.8) is 0 Å². The van der Waals surface area contributed by atoms with E-state index in [1.54, 1.807) is 0 Å². The third-order valence-electron chi connectivity index (χ3n) is 5.28. The molecular weight excluding hydrogens is 348 g/mol. The maximum Gasteiger partial charge on any atom is 0.287 e. The second-order valence-electron chi connectivity index (χ2n) is 7.52. The maximum absolute atomic E-state index is 13.8. The summed E-state index contributed by atoms with van der Waals surface area (Å²) in [7, 11) is 0. The van der Waals surface area contributed by atoms with Crippen LogP contribution in [0.3, 0.4) is 0 Å². The van der Waals surface area contributed by atoms with Crippen molar-refractivity contribution < 1.29 is 4.76 Å². The van der Waals surface area contributed by atoms with Gasteiger partial charge in [-0.15, -0.1) is 0 Å². The molecule has 1 heterocycles. The fourth-order valence-corrected chi connectivity index (χ4v) is 3.90. The van der Waals surface area contributed by atoms with Gasteiger partial charge in [0.1, 0.15) is 5.70 Å². The molecule has 1 aliphatic rings. The van der Waals surface area contributed by atoms with E-state index in [0.29, 0.717) is 11.4 Å². The Labute approximate surface area is 164 Å². The molecule has 0 aromatic heterocycles. The largest absolute Gasteiger partial charge is 0.758 e. The molecule has 3 aromatic rings. The van der Waals surface area contributed by atoms with Gasteiger partial charge >= 0.3 is 0 Å². The third kappa shape index (κ3) is 2.92. The van der Waals surface area contributed by atoms with Crippen LogP contribution in [-0.2, 0) is 0 Å². The van der Waals surface area contributed by atoms with Gasteiger partial charge < -0.3 is 10.3 Å². The molecule has 0 aliphatic carbocycles. The lowest BCUT2D eigenvalue weighted by Crippen LogP contribution is -2.51. The van der Waals surface area contributed by atoms with E-state index in [4.69, 9.17) is 0 Å². The van der Waals surface area contributed by atoms with Gasteiger partial charge in [-0.05, 0) is 26.0 Å².